The van der Waals surface area contributed by atoms with E-state index in [-0.39, 0.29) is 5.54 Å². The molecule has 0 spiro atoms. The van der Waals surface area contributed by atoms with E-state index in [4.69, 9.17) is 9.72 Å². The van der Waals surface area contributed by atoms with E-state index in [1.807, 2.05) is 11.3 Å². The van der Waals surface area contributed by atoms with Gasteiger partial charge in [0.15, 0.2) is 0 Å². The van der Waals surface area contributed by atoms with Gasteiger partial charge in [-0.2, -0.15) is 0 Å². The lowest BCUT2D eigenvalue weighted by Crippen LogP contribution is -2.35. The Kier molecular flexibility index (Phi) is 5.76. The molecule has 104 valence electrons. The Hall–Kier alpha value is -0.450. The lowest BCUT2D eigenvalue weighted by molar-refractivity contribution is 0.181. The van der Waals surface area contributed by atoms with Crippen LogP contribution in [0.1, 0.15) is 62.5 Å². The van der Waals surface area contributed by atoms with Crippen LogP contribution < -0.4 is 5.32 Å². The van der Waals surface area contributed by atoms with Crippen molar-refractivity contribution < 1.29 is 4.74 Å². The summed E-state index contributed by atoms with van der Waals surface area (Å²) >= 11 is 1.82. The molecule has 3 nitrogen and oxygen atoms in total. The summed E-state index contributed by atoms with van der Waals surface area (Å²) in [5, 5.41) is 4.75. The minimum Gasteiger partial charge on any atom is -0.378 e. The Balaban J connectivity index is 2.83. The van der Waals surface area contributed by atoms with Crippen molar-refractivity contribution in [3.63, 3.8) is 0 Å². The first-order valence-electron chi connectivity index (χ1n) is 6.59. The van der Waals surface area contributed by atoms with Gasteiger partial charge in [-0.15, -0.1) is 11.3 Å². The highest BCUT2D eigenvalue weighted by molar-refractivity contribution is 7.11. The van der Waals surface area contributed by atoms with Crippen molar-refractivity contribution in [3.05, 3.63) is 15.6 Å². The van der Waals surface area contributed by atoms with Crippen LogP contribution in [-0.4, -0.2) is 17.6 Å². The molecule has 0 saturated heterocycles. The smallest absolute Gasteiger partial charge is 0.0960 e. The highest BCUT2D eigenvalue weighted by Gasteiger charge is 2.16. The maximum Gasteiger partial charge on any atom is 0.0960 e. The highest BCUT2D eigenvalue weighted by atomic mass is 32.1. The zero-order valence-electron chi connectivity index (χ0n) is 12.5. The molecule has 0 bridgehead atoms. The Morgan fingerprint density at radius 1 is 1.39 bits per heavy atom. The molecule has 1 aromatic rings. The van der Waals surface area contributed by atoms with Gasteiger partial charge in [0.05, 0.1) is 17.3 Å². The van der Waals surface area contributed by atoms with E-state index >= 15 is 0 Å². The van der Waals surface area contributed by atoms with Crippen molar-refractivity contribution in [1.29, 1.82) is 0 Å². The van der Waals surface area contributed by atoms with E-state index in [9.17, 15) is 0 Å². The van der Waals surface area contributed by atoms with Gasteiger partial charge in [0.25, 0.3) is 0 Å². The number of rotatable bonds is 6. The Morgan fingerprint density at radius 3 is 2.56 bits per heavy atom. The van der Waals surface area contributed by atoms with Crippen molar-refractivity contribution in [1.82, 2.24) is 10.3 Å². The molecule has 0 fully saturated rings. The average molecular weight is 270 g/mol. The van der Waals surface area contributed by atoms with Gasteiger partial charge < -0.3 is 10.1 Å². The highest BCUT2D eigenvalue weighted by Crippen LogP contribution is 2.27. The summed E-state index contributed by atoms with van der Waals surface area (Å²) in [6.45, 7) is 12.5. The third-order valence-corrected chi connectivity index (χ3v) is 4.22. The average Bonchev–Trinajstić information content (AvgIpc) is 2.68. The lowest BCUT2D eigenvalue weighted by atomic mass is 10.1. The van der Waals surface area contributed by atoms with Crippen molar-refractivity contribution in [2.24, 2.45) is 0 Å². The number of aromatic nitrogens is 1. The predicted octanol–water partition coefficient (Wildman–Crippen LogP) is 3.69. The van der Waals surface area contributed by atoms with Crippen LogP contribution in [0.25, 0.3) is 0 Å². The number of nitrogens with one attached hydrogen (secondary N) is 1. The summed E-state index contributed by atoms with van der Waals surface area (Å²) < 4.78 is 5.24. The molecular weight excluding hydrogens is 244 g/mol. The van der Waals surface area contributed by atoms with Crippen molar-refractivity contribution in [3.8, 4) is 0 Å². The molecule has 18 heavy (non-hydrogen) atoms. The van der Waals surface area contributed by atoms with Crippen LogP contribution in [0.2, 0.25) is 0 Å². The molecule has 1 heterocycles. The lowest BCUT2D eigenvalue weighted by Gasteiger charge is -2.20. The Labute approximate surface area is 115 Å². The normalized spacial score (nSPS) is 13.9. The third kappa shape index (κ3) is 4.67. The van der Waals surface area contributed by atoms with Gasteiger partial charge in [-0.1, -0.05) is 13.8 Å². The molecule has 0 aromatic carbocycles. The fourth-order valence-electron chi connectivity index (χ4n) is 1.52. The van der Waals surface area contributed by atoms with E-state index < -0.39 is 0 Å². The molecule has 4 heteroatoms. The summed E-state index contributed by atoms with van der Waals surface area (Å²) in [7, 11) is 1.73. The fraction of sp³-hybridized carbons (Fsp3) is 0.786. The molecule has 0 radical (unpaired) electrons. The second-order valence-electron chi connectivity index (χ2n) is 5.77. The molecule has 0 aliphatic heterocycles. The maximum atomic E-state index is 5.24. The first kappa shape index (κ1) is 15.6. The molecule has 1 unspecified atom stereocenters. The molecular formula is C14H26N2OS. The molecule has 0 aliphatic rings. The maximum absolute atomic E-state index is 5.24. The summed E-state index contributed by atoms with van der Waals surface area (Å²) in [5.74, 6) is 0.536. The van der Waals surface area contributed by atoms with E-state index in [0.29, 0.717) is 12.5 Å². The fourth-order valence-corrected chi connectivity index (χ4v) is 2.66. The van der Waals surface area contributed by atoms with Crippen LogP contribution in [0.4, 0.5) is 0 Å². The van der Waals surface area contributed by atoms with Gasteiger partial charge in [0, 0.05) is 30.0 Å². The number of thiazole rings is 1. The summed E-state index contributed by atoms with van der Waals surface area (Å²) in [5.41, 5.74) is 1.22. The summed E-state index contributed by atoms with van der Waals surface area (Å²) in [4.78, 5) is 6.03. The van der Waals surface area contributed by atoms with Gasteiger partial charge in [-0.25, -0.2) is 4.98 Å². The molecule has 0 amide bonds. The molecule has 1 atom stereocenters. The van der Waals surface area contributed by atoms with Crippen LogP contribution >= 0.6 is 11.3 Å². The predicted molar refractivity (Wildman–Crippen MR) is 78.1 cm³/mol. The minimum absolute atomic E-state index is 0.130. The van der Waals surface area contributed by atoms with Gasteiger partial charge in [-0.3, -0.25) is 0 Å². The summed E-state index contributed by atoms with van der Waals surface area (Å²) in [6, 6.07) is 0. The van der Waals surface area contributed by atoms with Gasteiger partial charge in [0.2, 0.25) is 0 Å². The second-order valence-corrected chi connectivity index (χ2v) is 6.88. The van der Waals surface area contributed by atoms with Crippen molar-refractivity contribution in [2.45, 2.75) is 65.6 Å². The standard InChI is InChI=1S/C14H26N2OS/c1-7-10(2)13-16-11(9-17-6)12(18-13)8-15-14(3,4)5/h10,15H,7-9H2,1-6H3. The zero-order chi connectivity index (χ0) is 13.8. The van der Waals surface area contributed by atoms with E-state index in [0.717, 1.165) is 18.7 Å². The second kappa shape index (κ2) is 6.64. The molecule has 1 N–H and O–H groups in total. The van der Waals surface area contributed by atoms with Gasteiger partial charge >= 0.3 is 0 Å². The number of hydrogen-bond acceptors (Lipinski definition) is 4. The first-order valence-corrected chi connectivity index (χ1v) is 7.41. The molecule has 0 saturated carbocycles. The Bertz CT molecular complexity index is 368. The van der Waals surface area contributed by atoms with Crippen LogP contribution in [0.15, 0.2) is 0 Å². The van der Waals surface area contributed by atoms with Crippen molar-refractivity contribution in [2.75, 3.05) is 7.11 Å². The topological polar surface area (TPSA) is 34.1 Å². The number of methoxy groups -OCH3 is 1. The van der Waals surface area contributed by atoms with Crippen LogP contribution in [0.5, 0.6) is 0 Å². The Morgan fingerprint density at radius 2 is 2.06 bits per heavy atom. The largest absolute Gasteiger partial charge is 0.378 e. The number of hydrogen-bond donors (Lipinski definition) is 1. The van der Waals surface area contributed by atoms with E-state index in [1.54, 1.807) is 7.11 Å². The first-order chi connectivity index (χ1) is 8.37. The van der Waals surface area contributed by atoms with Gasteiger partial charge in [0.1, 0.15) is 0 Å². The van der Waals surface area contributed by atoms with Crippen LogP contribution in [0, 0.1) is 0 Å². The van der Waals surface area contributed by atoms with Gasteiger partial charge in [-0.05, 0) is 27.2 Å². The number of nitrogens with zero attached hydrogens (tertiary/aromatic N) is 1. The van der Waals surface area contributed by atoms with Crippen molar-refractivity contribution >= 4 is 11.3 Å². The quantitative estimate of drug-likeness (QED) is 0.856. The monoisotopic (exact) mass is 270 g/mol. The van der Waals surface area contributed by atoms with E-state index in [2.05, 4.69) is 39.9 Å². The number of ether oxygens (including phenoxy) is 1. The van der Waals surface area contributed by atoms with E-state index in [1.165, 1.54) is 9.88 Å². The van der Waals surface area contributed by atoms with Crippen LogP contribution in [-0.2, 0) is 17.9 Å². The molecule has 1 aromatic heterocycles. The molecule has 0 aliphatic carbocycles. The minimum atomic E-state index is 0.130. The molecule has 1 rings (SSSR count). The zero-order valence-corrected chi connectivity index (χ0v) is 13.3. The van der Waals surface area contributed by atoms with Crippen LogP contribution in [0.3, 0.4) is 0 Å². The summed E-state index contributed by atoms with van der Waals surface area (Å²) in [6.07, 6.45) is 1.13. The third-order valence-electron chi connectivity index (χ3n) is 2.89. The SMILES string of the molecule is CCC(C)c1nc(COC)c(CNC(C)(C)C)s1.